The minimum atomic E-state index is -0.235. The normalized spacial score (nSPS) is 13.1. The standard InChI is InChI=1S/C16H24Si3/c17-19(14-12-16-9-5-2-6-10-16)18-13-11-15-7-3-1-4-8-15/h1-10,19H,11-14,18H2,17H3. The van der Waals surface area contributed by atoms with Crippen molar-refractivity contribution in [2.75, 3.05) is 0 Å². The first-order valence-electron chi connectivity index (χ1n) is 7.42. The SMILES string of the molecule is [SiH3][SiH](CCc1ccccc1)[SiH2]CCc1ccccc1. The number of hydrogen-bond donors (Lipinski definition) is 0. The molecule has 0 radical (unpaired) electrons. The fourth-order valence-electron chi connectivity index (χ4n) is 2.50. The van der Waals surface area contributed by atoms with E-state index in [9.17, 15) is 0 Å². The van der Waals surface area contributed by atoms with E-state index in [-0.39, 0.29) is 16.9 Å². The molecule has 19 heavy (non-hydrogen) atoms. The van der Waals surface area contributed by atoms with E-state index in [1.165, 1.54) is 22.6 Å². The van der Waals surface area contributed by atoms with Gasteiger partial charge in [0.15, 0.2) is 0 Å². The van der Waals surface area contributed by atoms with Crippen molar-refractivity contribution in [1.29, 1.82) is 0 Å². The van der Waals surface area contributed by atoms with Crippen molar-refractivity contribution in [3.05, 3.63) is 71.8 Å². The molecule has 3 heteroatoms. The molecule has 0 aliphatic rings. The van der Waals surface area contributed by atoms with Gasteiger partial charge in [-0.05, 0) is 33.7 Å². The third kappa shape index (κ3) is 5.72. The Kier molecular flexibility index (Phi) is 6.33. The molecule has 0 aliphatic heterocycles. The van der Waals surface area contributed by atoms with Gasteiger partial charge < -0.3 is 0 Å². The van der Waals surface area contributed by atoms with E-state index in [2.05, 4.69) is 60.7 Å². The van der Waals surface area contributed by atoms with Crippen LogP contribution in [0.15, 0.2) is 60.7 Å². The lowest BCUT2D eigenvalue weighted by Crippen LogP contribution is -2.23. The van der Waals surface area contributed by atoms with Crippen LogP contribution in [0, 0.1) is 0 Å². The summed E-state index contributed by atoms with van der Waals surface area (Å²) >= 11 is 0. The van der Waals surface area contributed by atoms with Crippen LogP contribution in [0.2, 0.25) is 12.1 Å². The number of aryl methyl sites for hydroxylation is 2. The Morgan fingerprint density at radius 2 is 1.32 bits per heavy atom. The summed E-state index contributed by atoms with van der Waals surface area (Å²) in [6.45, 7) is 0. The van der Waals surface area contributed by atoms with Crippen LogP contribution in [0.1, 0.15) is 11.1 Å². The Bertz CT molecular complexity index is 456. The number of hydrogen-bond acceptors (Lipinski definition) is 0. The van der Waals surface area contributed by atoms with Gasteiger partial charge in [0.05, 0.1) is 0 Å². The molecule has 0 fully saturated rings. The second-order valence-corrected chi connectivity index (χ2v) is 25.3. The van der Waals surface area contributed by atoms with Gasteiger partial charge in [0, 0.05) is 16.9 Å². The van der Waals surface area contributed by atoms with E-state index in [0.717, 1.165) is 0 Å². The number of benzene rings is 2. The Balaban J connectivity index is 1.64. The Labute approximate surface area is 123 Å². The Morgan fingerprint density at radius 1 is 0.789 bits per heavy atom. The van der Waals surface area contributed by atoms with Crippen molar-refractivity contribution in [1.82, 2.24) is 0 Å². The molecule has 1 unspecified atom stereocenters. The molecule has 0 amide bonds. The molecule has 2 aromatic rings. The van der Waals surface area contributed by atoms with Crippen LogP contribution in [0.5, 0.6) is 0 Å². The van der Waals surface area contributed by atoms with Crippen LogP contribution in [-0.2, 0) is 12.8 Å². The topological polar surface area (TPSA) is 0 Å². The van der Waals surface area contributed by atoms with Crippen LogP contribution in [0.4, 0.5) is 0 Å². The fourth-order valence-corrected chi connectivity index (χ4v) is 13.6. The predicted octanol–water partition coefficient (Wildman–Crippen LogP) is 1.64. The highest BCUT2D eigenvalue weighted by Crippen LogP contribution is 2.06. The molecular formula is C16H24Si3. The molecule has 0 spiro atoms. The van der Waals surface area contributed by atoms with Crippen molar-refractivity contribution in [3.63, 3.8) is 0 Å². The molecular weight excluding hydrogens is 276 g/mol. The molecule has 0 aromatic heterocycles. The van der Waals surface area contributed by atoms with Crippen molar-refractivity contribution in [2.45, 2.75) is 24.9 Å². The maximum atomic E-state index is 2.29. The van der Waals surface area contributed by atoms with Gasteiger partial charge in [0.1, 0.15) is 0 Å². The highest BCUT2D eigenvalue weighted by Gasteiger charge is 2.05. The van der Waals surface area contributed by atoms with Crippen molar-refractivity contribution >= 4 is 26.6 Å². The van der Waals surface area contributed by atoms with Gasteiger partial charge in [0.2, 0.25) is 0 Å². The maximum absolute atomic E-state index is 2.29. The third-order valence-corrected chi connectivity index (χ3v) is 19.1. The zero-order valence-corrected chi connectivity index (χ0v) is 16.5. The molecule has 0 saturated heterocycles. The van der Waals surface area contributed by atoms with Gasteiger partial charge in [-0.1, -0.05) is 72.8 Å². The predicted molar refractivity (Wildman–Crippen MR) is 95.5 cm³/mol. The zero-order valence-electron chi connectivity index (χ0n) is 11.9. The fraction of sp³-hybridized carbons (Fsp3) is 0.250. The van der Waals surface area contributed by atoms with Crippen LogP contribution >= 0.6 is 0 Å². The molecule has 0 aliphatic carbocycles. The third-order valence-electron chi connectivity index (χ3n) is 3.77. The first-order valence-corrected chi connectivity index (χ1v) is 17.1. The van der Waals surface area contributed by atoms with E-state index in [0.29, 0.717) is 0 Å². The summed E-state index contributed by atoms with van der Waals surface area (Å²) in [5, 5.41) is 0. The smallest absolute Gasteiger partial charge is 0.00948 e. The lowest BCUT2D eigenvalue weighted by molar-refractivity contribution is 1.12. The summed E-state index contributed by atoms with van der Waals surface area (Å²) in [5.41, 5.74) is 3.09. The second-order valence-electron chi connectivity index (χ2n) is 5.51. The van der Waals surface area contributed by atoms with Gasteiger partial charge in [-0.15, -0.1) is 0 Å². The van der Waals surface area contributed by atoms with E-state index in [4.69, 9.17) is 0 Å². The second kappa shape index (κ2) is 8.30. The van der Waals surface area contributed by atoms with Gasteiger partial charge >= 0.3 is 0 Å². The molecule has 2 rings (SSSR count). The van der Waals surface area contributed by atoms with Gasteiger partial charge in [0.25, 0.3) is 0 Å². The van der Waals surface area contributed by atoms with Gasteiger partial charge in [-0.3, -0.25) is 0 Å². The highest BCUT2D eigenvalue weighted by molar-refractivity contribution is 7.34. The summed E-state index contributed by atoms with van der Waals surface area (Å²) in [4.78, 5) is 0. The van der Waals surface area contributed by atoms with Crippen LogP contribution < -0.4 is 0 Å². The average molecular weight is 301 g/mol. The maximum Gasteiger partial charge on any atom is 0.00948 e. The molecule has 0 bridgehead atoms. The molecule has 0 nitrogen and oxygen atoms in total. The molecule has 100 valence electrons. The van der Waals surface area contributed by atoms with Crippen LogP contribution in [0.3, 0.4) is 0 Å². The molecule has 1 atom stereocenters. The monoisotopic (exact) mass is 300 g/mol. The summed E-state index contributed by atoms with van der Waals surface area (Å²) in [6, 6.07) is 25.2. The lowest BCUT2D eigenvalue weighted by atomic mass is 10.2. The van der Waals surface area contributed by atoms with Crippen LogP contribution in [-0.4, -0.2) is 26.6 Å². The summed E-state index contributed by atoms with van der Waals surface area (Å²) in [6.07, 6.45) is 2.68. The summed E-state index contributed by atoms with van der Waals surface area (Å²) in [7, 11) is 1.57. The van der Waals surface area contributed by atoms with E-state index < -0.39 is 0 Å². The number of rotatable bonds is 7. The molecule has 0 saturated carbocycles. The first kappa shape index (κ1) is 14.5. The zero-order chi connectivity index (χ0) is 13.3. The quantitative estimate of drug-likeness (QED) is 0.682. The molecule has 2 aromatic carbocycles. The van der Waals surface area contributed by atoms with Gasteiger partial charge in [-0.25, -0.2) is 0 Å². The summed E-state index contributed by atoms with van der Waals surface area (Å²) in [5.74, 6) is 0. The highest BCUT2D eigenvalue weighted by atomic mass is 29.5. The average Bonchev–Trinajstić information content (AvgIpc) is 2.47. The van der Waals surface area contributed by atoms with Crippen molar-refractivity contribution in [2.24, 2.45) is 0 Å². The van der Waals surface area contributed by atoms with Crippen molar-refractivity contribution < 1.29 is 0 Å². The minimum Gasteiger partial charge on any atom is -0.0622 e. The van der Waals surface area contributed by atoms with Gasteiger partial charge in [-0.2, -0.15) is 0 Å². The largest absolute Gasteiger partial charge is 0.0622 e. The molecule has 0 heterocycles. The van der Waals surface area contributed by atoms with E-state index >= 15 is 0 Å². The summed E-state index contributed by atoms with van der Waals surface area (Å²) < 4.78 is 0. The van der Waals surface area contributed by atoms with E-state index in [1.54, 1.807) is 23.2 Å². The minimum absolute atomic E-state index is 0.235. The molecule has 0 N–H and O–H groups in total. The van der Waals surface area contributed by atoms with Crippen LogP contribution in [0.25, 0.3) is 0 Å². The lowest BCUT2D eigenvalue weighted by Gasteiger charge is -2.09. The van der Waals surface area contributed by atoms with E-state index in [1.807, 2.05) is 0 Å². The van der Waals surface area contributed by atoms with Crippen molar-refractivity contribution in [3.8, 4) is 0 Å². The first-order chi connectivity index (χ1) is 9.34. The Hall–Kier alpha value is -0.909. The Morgan fingerprint density at radius 3 is 1.89 bits per heavy atom.